The summed E-state index contributed by atoms with van der Waals surface area (Å²) in [4.78, 5) is 22.3. The van der Waals surface area contributed by atoms with E-state index < -0.39 is 12.7 Å². The lowest BCUT2D eigenvalue weighted by Gasteiger charge is -2.26. The Kier molecular flexibility index (Phi) is 6.45. The van der Waals surface area contributed by atoms with Crippen LogP contribution in [-0.4, -0.2) is 59.1 Å². The quantitative estimate of drug-likeness (QED) is 0.553. The number of nitrogens with zero attached hydrogens (tertiary/aromatic N) is 5. The fraction of sp³-hybridized carbons (Fsp3) is 0.286. The van der Waals surface area contributed by atoms with Gasteiger partial charge < -0.3 is 19.7 Å². The van der Waals surface area contributed by atoms with E-state index >= 15 is 0 Å². The van der Waals surface area contributed by atoms with Crippen LogP contribution in [0.15, 0.2) is 36.5 Å². The van der Waals surface area contributed by atoms with Gasteiger partial charge in [0.25, 0.3) is 0 Å². The predicted octanol–water partition coefficient (Wildman–Crippen LogP) is 3.16. The van der Waals surface area contributed by atoms with Gasteiger partial charge in [-0.05, 0) is 23.8 Å². The molecule has 1 N–H and O–H groups in total. The Morgan fingerprint density at radius 2 is 1.97 bits per heavy atom. The van der Waals surface area contributed by atoms with Crippen LogP contribution in [0.5, 0.6) is 5.75 Å². The van der Waals surface area contributed by atoms with Gasteiger partial charge in [-0.25, -0.2) is 13.8 Å². The molecule has 0 aliphatic carbocycles. The molecule has 1 aliphatic rings. The number of benzene rings is 1. The van der Waals surface area contributed by atoms with Gasteiger partial charge >= 0.3 is 0 Å². The number of rotatable bonds is 7. The summed E-state index contributed by atoms with van der Waals surface area (Å²) < 4.78 is 36.9. The predicted molar refractivity (Wildman–Crippen MR) is 112 cm³/mol. The standard InChI is InChI=1S/C21H20F2N6O3/c1-13(30)19-16(14-2-4-15(5-3-14)32-12-22)10-18(27-28-19)25-20-17(23)11-24-21(26-20)29-6-8-31-9-7-29/h2-5,10-11H,6-9,12H2,1H3,(H,24,25,26,27). The highest BCUT2D eigenvalue weighted by Crippen LogP contribution is 2.28. The number of ketones is 1. The number of carbonyl (C=O) groups excluding carboxylic acids is 1. The number of anilines is 3. The Hall–Kier alpha value is -3.73. The van der Waals surface area contributed by atoms with E-state index in [0.29, 0.717) is 49.1 Å². The number of hydrogen-bond acceptors (Lipinski definition) is 9. The second-order valence-corrected chi connectivity index (χ2v) is 6.92. The Bertz CT molecular complexity index is 1110. The topological polar surface area (TPSA) is 102 Å². The maximum Gasteiger partial charge on any atom is 0.228 e. The molecule has 0 radical (unpaired) electrons. The highest BCUT2D eigenvalue weighted by atomic mass is 19.1. The maximum atomic E-state index is 14.4. The van der Waals surface area contributed by atoms with Crippen LogP contribution in [0.25, 0.3) is 11.1 Å². The van der Waals surface area contributed by atoms with E-state index in [2.05, 4.69) is 25.5 Å². The first kappa shape index (κ1) is 21.5. The smallest absolute Gasteiger partial charge is 0.228 e. The fourth-order valence-electron chi connectivity index (χ4n) is 3.21. The van der Waals surface area contributed by atoms with Crippen molar-refractivity contribution in [2.24, 2.45) is 0 Å². The number of morpholine rings is 1. The first-order valence-corrected chi connectivity index (χ1v) is 9.85. The first-order chi connectivity index (χ1) is 15.5. The molecule has 3 heterocycles. The number of alkyl halides is 1. The molecular formula is C21H20F2N6O3. The lowest BCUT2D eigenvalue weighted by Crippen LogP contribution is -2.37. The third-order valence-corrected chi connectivity index (χ3v) is 4.79. The van der Waals surface area contributed by atoms with Crippen LogP contribution in [0, 0.1) is 5.82 Å². The summed E-state index contributed by atoms with van der Waals surface area (Å²) in [5.41, 5.74) is 1.26. The van der Waals surface area contributed by atoms with Crippen LogP contribution in [0.4, 0.5) is 26.4 Å². The highest BCUT2D eigenvalue weighted by Gasteiger charge is 2.18. The number of hydrogen-bond donors (Lipinski definition) is 1. The molecule has 3 aromatic rings. The van der Waals surface area contributed by atoms with Gasteiger partial charge in [-0.15, -0.1) is 10.2 Å². The second kappa shape index (κ2) is 9.60. The summed E-state index contributed by atoms with van der Waals surface area (Å²) in [6.07, 6.45) is 1.09. The Labute approximate surface area is 182 Å². The molecule has 0 atom stereocenters. The summed E-state index contributed by atoms with van der Waals surface area (Å²) in [5, 5.41) is 10.8. The van der Waals surface area contributed by atoms with Gasteiger partial charge in [0.1, 0.15) is 11.4 Å². The molecular weight excluding hydrogens is 422 g/mol. The molecule has 0 saturated carbocycles. The van der Waals surface area contributed by atoms with E-state index in [1.807, 2.05) is 4.90 Å². The number of aromatic nitrogens is 4. The zero-order valence-corrected chi connectivity index (χ0v) is 17.2. The molecule has 1 aromatic carbocycles. The number of ether oxygens (including phenoxy) is 2. The molecule has 2 aromatic heterocycles. The number of nitrogens with one attached hydrogen (secondary N) is 1. The van der Waals surface area contributed by atoms with Crippen molar-refractivity contribution in [2.75, 3.05) is 43.4 Å². The molecule has 1 fully saturated rings. The second-order valence-electron chi connectivity index (χ2n) is 6.92. The van der Waals surface area contributed by atoms with Crippen LogP contribution >= 0.6 is 0 Å². The largest absolute Gasteiger partial charge is 0.463 e. The number of halogens is 2. The minimum atomic E-state index is -0.945. The third-order valence-electron chi connectivity index (χ3n) is 4.79. The summed E-state index contributed by atoms with van der Waals surface area (Å²) in [5.74, 6) is -0.0998. The fourth-order valence-corrected chi connectivity index (χ4v) is 3.21. The van der Waals surface area contributed by atoms with Gasteiger partial charge in [-0.3, -0.25) is 4.79 Å². The number of carbonyl (C=O) groups is 1. The van der Waals surface area contributed by atoms with Crippen LogP contribution in [0.2, 0.25) is 0 Å². The highest BCUT2D eigenvalue weighted by molar-refractivity contribution is 5.99. The van der Waals surface area contributed by atoms with Crippen molar-refractivity contribution >= 4 is 23.4 Å². The molecule has 9 nitrogen and oxygen atoms in total. The van der Waals surface area contributed by atoms with Crippen molar-refractivity contribution < 1.29 is 23.0 Å². The molecule has 1 saturated heterocycles. The Morgan fingerprint density at radius 1 is 1.22 bits per heavy atom. The monoisotopic (exact) mass is 442 g/mol. The van der Waals surface area contributed by atoms with E-state index in [9.17, 15) is 13.6 Å². The summed E-state index contributed by atoms with van der Waals surface area (Å²) >= 11 is 0. The average Bonchev–Trinajstić information content (AvgIpc) is 2.81. The third kappa shape index (κ3) is 4.78. The maximum absolute atomic E-state index is 14.4. The van der Waals surface area contributed by atoms with Gasteiger partial charge in [0.05, 0.1) is 19.4 Å². The zero-order valence-electron chi connectivity index (χ0n) is 17.2. The SMILES string of the molecule is CC(=O)c1nnc(Nc2nc(N3CCOCC3)ncc2F)cc1-c1ccc(OCF)cc1. The molecule has 1 aliphatic heterocycles. The molecule has 32 heavy (non-hydrogen) atoms. The molecule has 4 rings (SSSR count). The van der Waals surface area contributed by atoms with Crippen molar-refractivity contribution in [2.45, 2.75) is 6.92 Å². The van der Waals surface area contributed by atoms with Crippen LogP contribution in [0.3, 0.4) is 0 Å². The van der Waals surface area contributed by atoms with Crippen molar-refractivity contribution in [1.82, 2.24) is 20.2 Å². The van der Waals surface area contributed by atoms with Crippen molar-refractivity contribution in [1.29, 1.82) is 0 Å². The van der Waals surface area contributed by atoms with Gasteiger partial charge in [0.15, 0.2) is 23.2 Å². The number of Topliss-reactive ketones (excluding diaryl/α,β-unsaturated/α-hetero) is 1. The Balaban J connectivity index is 1.65. The Morgan fingerprint density at radius 3 is 2.66 bits per heavy atom. The summed E-state index contributed by atoms with van der Waals surface area (Å²) in [7, 11) is 0. The lowest BCUT2D eigenvalue weighted by atomic mass is 10.0. The van der Waals surface area contributed by atoms with E-state index in [4.69, 9.17) is 9.47 Å². The van der Waals surface area contributed by atoms with E-state index in [1.165, 1.54) is 6.92 Å². The van der Waals surface area contributed by atoms with Crippen molar-refractivity contribution in [3.05, 3.63) is 48.0 Å². The normalized spacial score (nSPS) is 13.7. The molecule has 0 amide bonds. The van der Waals surface area contributed by atoms with Crippen LogP contribution in [-0.2, 0) is 4.74 Å². The molecule has 0 spiro atoms. The molecule has 166 valence electrons. The van der Waals surface area contributed by atoms with Crippen LogP contribution < -0.4 is 15.0 Å². The minimum absolute atomic E-state index is 0.0657. The molecule has 11 heteroatoms. The molecule has 0 unspecified atom stereocenters. The average molecular weight is 442 g/mol. The zero-order chi connectivity index (χ0) is 22.5. The van der Waals surface area contributed by atoms with E-state index in [-0.39, 0.29) is 23.1 Å². The molecule has 0 bridgehead atoms. The van der Waals surface area contributed by atoms with Crippen LogP contribution in [0.1, 0.15) is 17.4 Å². The van der Waals surface area contributed by atoms with Gasteiger partial charge in [0, 0.05) is 25.6 Å². The van der Waals surface area contributed by atoms with Gasteiger partial charge in [-0.2, -0.15) is 4.98 Å². The van der Waals surface area contributed by atoms with E-state index in [0.717, 1.165) is 6.20 Å². The van der Waals surface area contributed by atoms with Gasteiger partial charge in [0.2, 0.25) is 12.8 Å². The first-order valence-electron chi connectivity index (χ1n) is 9.85. The van der Waals surface area contributed by atoms with Crippen molar-refractivity contribution in [3.63, 3.8) is 0 Å². The summed E-state index contributed by atoms with van der Waals surface area (Å²) in [6.45, 7) is 2.72. The van der Waals surface area contributed by atoms with E-state index in [1.54, 1.807) is 30.3 Å². The summed E-state index contributed by atoms with van der Waals surface area (Å²) in [6, 6.07) is 8.06. The lowest BCUT2D eigenvalue weighted by molar-refractivity contribution is 0.101. The minimum Gasteiger partial charge on any atom is -0.463 e. The van der Waals surface area contributed by atoms with Crippen molar-refractivity contribution in [3.8, 4) is 16.9 Å². The van der Waals surface area contributed by atoms with Gasteiger partial charge in [-0.1, -0.05) is 12.1 Å².